The Morgan fingerprint density at radius 2 is 1.92 bits per heavy atom. The van der Waals surface area contributed by atoms with E-state index >= 15 is 0 Å². The van der Waals surface area contributed by atoms with Crippen LogP contribution in [-0.2, 0) is 17.1 Å². The van der Waals surface area contributed by atoms with Gasteiger partial charge in [0.15, 0.2) is 0 Å². The minimum Gasteiger partial charge on any atom is -0.364 e. The van der Waals surface area contributed by atoms with Crippen LogP contribution in [0.15, 0.2) is 48.5 Å². The second kappa shape index (κ2) is 6.69. The first kappa shape index (κ1) is 17.5. The Kier molecular flexibility index (Phi) is 4.51. The van der Waals surface area contributed by atoms with Gasteiger partial charge in [0.1, 0.15) is 0 Å². The third kappa shape index (κ3) is 2.73. The molecule has 1 saturated heterocycles. The molecule has 2 atom stereocenters. The standard InChI is InChI=1S/C21H23ClN2O2/c1-15-7-6-12-23(13-15)21(26)17-9-3-5-11-19(17)24(20(21)25)14-16-8-2-4-10-18(16)22/h2-5,8-11,15,26H,6-7,12-14H2,1H3. The van der Waals surface area contributed by atoms with Crippen molar-refractivity contribution in [2.45, 2.75) is 32.0 Å². The molecule has 1 amide bonds. The minimum atomic E-state index is -1.59. The SMILES string of the molecule is CC1CCCN(C2(O)C(=O)N(Cc3ccccc3Cl)c3ccccc32)C1. The van der Waals surface area contributed by atoms with Crippen molar-refractivity contribution in [3.8, 4) is 0 Å². The van der Waals surface area contributed by atoms with Crippen LogP contribution in [0.4, 0.5) is 5.69 Å². The molecule has 136 valence electrons. The van der Waals surface area contributed by atoms with Gasteiger partial charge in [-0.1, -0.05) is 54.9 Å². The normalized spacial score (nSPS) is 26.2. The van der Waals surface area contributed by atoms with Crippen molar-refractivity contribution in [3.63, 3.8) is 0 Å². The number of halogens is 1. The fraction of sp³-hybridized carbons (Fsp3) is 0.381. The molecule has 0 spiro atoms. The van der Waals surface area contributed by atoms with E-state index in [-0.39, 0.29) is 5.91 Å². The molecule has 2 aliphatic rings. The molecule has 5 heteroatoms. The van der Waals surface area contributed by atoms with Crippen LogP contribution in [0.2, 0.25) is 5.02 Å². The first-order valence-corrected chi connectivity index (χ1v) is 9.52. The number of amides is 1. The zero-order chi connectivity index (χ0) is 18.3. The minimum absolute atomic E-state index is 0.285. The van der Waals surface area contributed by atoms with Crippen LogP contribution in [0, 0.1) is 5.92 Å². The van der Waals surface area contributed by atoms with E-state index in [0.717, 1.165) is 37.2 Å². The van der Waals surface area contributed by atoms with Crippen molar-refractivity contribution in [2.75, 3.05) is 18.0 Å². The number of likely N-dealkylation sites (tertiary alicyclic amines) is 1. The Balaban J connectivity index is 1.74. The van der Waals surface area contributed by atoms with E-state index < -0.39 is 5.72 Å². The van der Waals surface area contributed by atoms with Crippen LogP contribution in [0.5, 0.6) is 0 Å². The number of rotatable bonds is 3. The number of piperidine rings is 1. The molecule has 2 aromatic carbocycles. The summed E-state index contributed by atoms with van der Waals surface area (Å²) >= 11 is 6.31. The molecule has 0 aliphatic carbocycles. The van der Waals surface area contributed by atoms with Gasteiger partial charge < -0.3 is 10.0 Å². The fourth-order valence-corrected chi connectivity index (χ4v) is 4.35. The Hall–Kier alpha value is -1.88. The van der Waals surface area contributed by atoms with Gasteiger partial charge in [0.05, 0.1) is 12.2 Å². The zero-order valence-corrected chi connectivity index (χ0v) is 15.6. The van der Waals surface area contributed by atoms with E-state index in [1.165, 1.54) is 0 Å². The summed E-state index contributed by atoms with van der Waals surface area (Å²) in [4.78, 5) is 17.0. The van der Waals surface area contributed by atoms with Gasteiger partial charge >= 0.3 is 0 Å². The Morgan fingerprint density at radius 3 is 2.69 bits per heavy atom. The molecular formula is C21H23ClN2O2. The van der Waals surface area contributed by atoms with Gasteiger partial charge in [-0.2, -0.15) is 0 Å². The molecule has 26 heavy (non-hydrogen) atoms. The number of anilines is 1. The third-order valence-corrected chi connectivity index (χ3v) is 5.88. The molecule has 2 aromatic rings. The number of aliphatic hydroxyl groups is 1. The third-order valence-electron chi connectivity index (χ3n) is 5.51. The average molecular weight is 371 g/mol. The molecule has 2 aliphatic heterocycles. The maximum absolute atomic E-state index is 13.4. The smallest absolute Gasteiger partial charge is 0.279 e. The number of hydrogen-bond donors (Lipinski definition) is 1. The van der Waals surface area contributed by atoms with E-state index in [2.05, 4.69) is 6.92 Å². The molecule has 0 saturated carbocycles. The molecule has 4 rings (SSSR count). The van der Waals surface area contributed by atoms with Crippen LogP contribution in [0.3, 0.4) is 0 Å². The highest BCUT2D eigenvalue weighted by Gasteiger charge is 2.54. The topological polar surface area (TPSA) is 43.8 Å². The number of carbonyl (C=O) groups excluding carboxylic acids is 1. The van der Waals surface area contributed by atoms with Crippen LogP contribution < -0.4 is 4.90 Å². The van der Waals surface area contributed by atoms with Gasteiger partial charge in [-0.05, 0) is 36.5 Å². The van der Waals surface area contributed by atoms with Crippen LogP contribution in [0.25, 0.3) is 0 Å². The second-order valence-electron chi connectivity index (χ2n) is 7.37. The van der Waals surface area contributed by atoms with Crippen molar-refractivity contribution in [3.05, 3.63) is 64.7 Å². The van der Waals surface area contributed by atoms with Crippen molar-refractivity contribution in [2.24, 2.45) is 5.92 Å². The van der Waals surface area contributed by atoms with E-state index in [9.17, 15) is 9.90 Å². The Labute approximate surface area is 159 Å². The fourth-order valence-electron chi connectivity index (χ4n) is 4.16. The number of hydrogen-bond acceptors (Lipinski definition) is 3. The van der Waals surface area contributed by atoms with E-state index in [4.69, 9.17) is 11.6 Å². The summed E-state index contributed by atoms with van der Waals surface area (Å²) in [6, 6.07) is 15.1. The summed E-state index contributed by atoms with van der Waals surface area (Å²) in [5.74, 6) is 0.179. The lowest BCUT2D eigenvalue weighted by Gasteiger charge is -2.40. The first-order chi connectivity index (χ1) is 12.5. The summed E-state index contributed by atoms with van der Waals surface area (Å²) in [5, 5.41) is 12.2. The molecule has 2 heterocycles. The summed E-state index contributed by atoms with van der Waals surface area (Å²) < 4.78 is 0. The summed E-state index contributed by atoms with van der Waals surface area (Å²) in [7, 11) is 0. The molecule has 1 fully saturated rings. The van der Waals surface area contributed by atoms with Crippen molar-refractivity contribution in [1.29, 1.82) is 0 Å². The summed E-state index contributed by atoms with van der Waals surface area (Å²) in [6.45, 7) is 3.96. The number of nitrogens with zero attached hydrogens (tertiary/aromatic N) is 2. The largest absolute Gasteiger partial charge is 0.364 e. The van der Waals surface area contributed by atoms with Gasteiger partial charge in [0.2, 0.25) is 5.72 Å². The predicted molar refractivity (Wildman–Crippen MR) is 103 cm³/mol. The monoisotopic (exact) mass is 370 g/mol. The highest BCUT2D eigenvalue weighted by Crippen LogP contribution is 2.44. The first-order valence-electron chi connectivity index (χ1n) is 9.14. The molecule has 2 unspecified atom stereocenters. The highest BCUT2D eigenvalue weighted by atomic mass is 35.5. The van der Waals surface area contributed by atoms with Gasteiger partial charge in [0, 0.05) is 23.7 Å². The van der Waals surface area contributed by atoms with Gasteiger partial charge in [-0.25, -0.2) is 0 Å². The molecule has 0 bridgehead atoms. The lowest BCUT2D eigenvalue weighted by Crippen LogP contribution is -2.55. The van der Waals surface area contributed by atoms with Gasteiger partial charge in [0.25, 0.3) is 5.91 Å². The van der Waals surface area contributed by atoms with Crippen LogP contribution in [-0.4, -0.2) is 29.0 Å². The highest BCUT2D eigenvalue weighted by molar-refractivity contribution is 6.31. The quantitative estimate of drug-likeness (QED) is 0.894. The summed E-state index contributed by atoms with van der Waals surface area (Å²) in [5.41, 5.74) is 0.713. The van der Waals surface area contributed by atoms with Crippen LogP contribution in [0.1, 0.15) is 30.9 Å². The van der Waals surface area contributed by atoms with Crippen molar-refractivity contribution >= 4 is 23.2 Å². The Bertz CT molecular complexity index is 840. The maximum atomic E-state index is 13.4. The predicted octanol–water partition coefficient (Wildman–Crippen LogP) is 3.76. The number of fused-ring (bicyclic) bond motifs is 1. The van der Waals surface area contributed by atoms with E-state index in [1.54, 1.807) is 4.90 Å². The molecular weight excluding hydrogens is 348 g/mol. The number of carbonyl (C=O) groups is 1. The summed E-state index contributed by atoms with van der Waals surface area (Å²) in [6.07, 6.45) is 2.12. The van der Waals surface area contributed by atoms with Crippen molar-refractivity contribution in [1.82, 2.24) is 4.90 Å². The number of benzene rings is 2. The van der Waals surface area contributed by atoms with E-state index in [0.29, 0.717) is 23.0 Å². The lowest BCUT2D eigenvalue weighted by molar-refractivity contribution is -0.165. The average Bonchev–Trinajstić information content (AvgIpc) is 2.87. The zero-order valence-electron chi connectivity index (χ0n) is 14.9. The maximum Gasteiger partial charge on any atom is 0.279 e. The number of para-hydroxylation sites is 1. The Morgan fingerprint density at radius 1 is 1.19 bits per heavy atom. The van der Waals surface area contributed by atoms with Crippen molar-refractivity contribution < 1.29 is 9.90 Å². The molecule has 0 aromatic heterocycles. The van der Waals surface area contributed by atoms with E-state index in [1.807, 2.05) is 53.4 Å². The molecule has 1 N–H and O–H groups in total. The van der Waals surface area contributed by atoms with Crippen LogP contribution >= 0.6 is 11.6 Å². The second-order valence-corrected chi connectivity index (χ2v) is 7.77. The van der Waals surface area contributed by atoms with Gasteiger partial charge in [-0.3, -0.25) is 9.69 Å². The van der Waals surface area contributed by atoms with Gasteiger partial charge in [-0.15, -0.1) is 0 Å². The molecule has 4 nitrogen and oxygen atoms in total. The molecule has 0 radical (unpaired) electrons. The lowest BCUT2D eigenvalue weighted by atomic mass is 9.94.